The Hall–Kier alpha value is -2.16. The zero-order valence-corrected chi connectivity index (χ0v) is 13.3. The van der Waals surface area contributed by atoms with E-state index >= 15 is 0 Å². The van der Waals surface area contributed by atoms with E-state index < -0.39 is 23.0 Å². The molecule has 6 nitrogen and oxygen atoms in total. The molecule has 0 radical (unpaired) electrons. The Morgan fingerprint density at radius 3 is 2.33 bits per heavy atom. The summed E-state index contributed by atoms with van der Waals surface area (Å²) in [5, 5.41) is 10.8. The van der Waals surface area contributed by atoms with E-state index in [1.807, 2.05) is 0 Å². The molecule has 132 valence electrons. The second-order valence-electron chi connectivity index (χ2n) is 5.80. The summed E-state index contributed by atoms with van der Waals surface area (Å²) in [7, 11) is 0. The monoisotopic (exact) mass is 345 g/mol. The number of alkyl halides is 3. The van der Waals surface area contributed by atoms with Crippen LogP contribution < -0.4 is 0 Å². The molecule has 0 bridgehead atoms. The second-order valence-corrected chi connectivity index (χ2v) is 5.80. The lowest BCUT2D eigenvalue weighted by molar-refractivity contribution is -0.384. The highest BCUT2D eigenvalue weighted by Crippen LogP contribution is 2.26. The standard InChI is InChI=1S/C15H18F3N3O3/c1-10-3-4-12(21(23)24)9-13(10)14(22)20-7-5-19(6-8-20)11(2)15(16,17)18/h3-4,9,11H,5-8H2,1-2H3/t11-/m0/s1. The average Bonchev–Trinajstić information content (AvgIpc) is 2.53. The molecule has 1 aliphatic rings. The molecular formula is C15H18F3N3O3. The number of piperazine rings is 1. The normalized spacial score (nSPS) is 17.6. The molecule has 1 heterocycles. The molecule has 0 unspecified atom stereocenters. The maximum atomic E-state index is 12.7. The third-order valence-electron chi connectivity index (χ3n) is 4.29. The van der Waals surface area contributed by atoms with Crippen LogP contribution in [0.4, 0.5) is 18.9 Å². The second kappa shape index (κ2) is 6.76. The summed E-state index contributed by atoms with van der Waals surface area (Å²) in [5.74, 6) is -0.393. The van der Waals surface area contributed by atoms with Crippen LogP contribution in [0.25, 0.3) is 0 Å². The van der Waals surface area contributed by atoms with Crippen LogP contribution in [0, 0.1) is 17.0 Å². The number of carbonyl (C=O) groups excluding carboxylic acids is 1. The first-order valence-corrected chi connectivity index (χ1v) is 7.46. The fraction of sp³-hybridized carbons (Fsp3) is 0.533. The summed E-state index contributed by atoms with van der Waals surface area (Å²) in [5.41, 5.74) is 0.617. The van der Waals surface area contributed by atoms with Crippen LogP contribution in [-0.4, -0.2) is 59.0 Å². The molecule has 1 aromatic carbocycles. The summed E-state index contributed by atoms with van der Waals surface area (Å²) in [4.78, 5) is 25.5. The van der Waals surface area contributed by atoms with Gasteiger partial charge in [0.2, 0.25) is 0 Å². The Kier molecular flexibility index (Phi) is 5.12. The van der Waals surface area contributed by atoms with E-state index in [0.29, 0.717) is 5.56 Å². The van der Waals surface area contributed by atoms with Crippen molar-refractivity contribution in [3.63, 3.8) is 0 Å². The number of benzene rings is 1. The first-order chi connectivity index (χ1) is 11.1. The van der Waals surface area contributed by atoms with Crippen molar-refractivity contribution in [2.75, 3.05) is 26.2 Å². The summed E-state index contributed by atoms with van der Waals surface area (Å²) in [6.07, 6.45) is -4.30. The molecule has 1 aliphatic heterocycles. The first-order valence-electron chi connectivity index (χ1n) is 7.46. The van der Waals surface area contributed by atoms with Gasteiger partial charge in [0.05, 0.1) is 4.92 Å². The zero-order valence-electron chi connectivity index (χ0n) is 13.3. The Bertz CT molecular complexity index is 641. The van der Waals surface area contributed by atoms with Crippen molar-refractivity contribution in [3.8, 4) is 0 Å². The van der Waals surface area contributed by atoms with Crippen LogP contribution in [0.5, 0.6) is 0 Å². The van der Waals surface area contributed by atoms with Crippen LogP contribution in [0.1, 0.15) is 22.8 Å². The summed E-state index contributed by atoms with van der Waals surface area (Å²) in [6.45, 7) is 3.30. The van der Waals surface area contributed by atoms with Crippen LogP contribution >= 0.6 is 0 Å². The fourth-order valence-corrected chi connectivity index (χ4v) is 2.64. The van der Waals surface area contributed by atoms with Gasteiger partial charge < -0.3 is 4.90 Å². The number of halogens is 3. The third-order valence-corrected chi connectivity index (χ3v) is 4.29. The first kappa shape index (κ1) is 18.2. The fourth-order valence-electron chi connectivity index (χ4n) is 2.64. The lowest BCUT2D eigenvalue weighted by atomic mass is 10.1. The van der Waals surface area contributed by atoms with E-state index in [0.717, 1.165) is 6.92 Å². The third kappa shape index (κ3) is 3.84. The summed E-state index contributed by atoms with van der Waals surface area (Å²) in [6, 6.07) is 2.46. The van der Waals surface area contributed by atoms with E-state index in [1.165, 1.54) is 28.0 Å². The zero-order chi connectivity index (χ0) is 18.1. The molecule has 1 atom stereocenters. The number of non-ortho nitro benzene ring substituents is 1. The molecule has 0 aliphatic carbocycles. The topological polar surface area (TPSA) is 66.7 Å². The maximum absolute atomic E-state index is 12.7. The smallest absolute Gasteiger partial charge is 0.336 e. The van der Waals surface area contributed by atoms with Crippen LogP contribution in [0.2, 0.25) is 0 Å². The number of amides is 1. The largest absolute Gasteiger partial charge is 0.403 e. The SMILES string of the molecule is Cc1ccc([N+](=O)[O-])cc1C(=O)N1CCN([C@@H](C)C(F)(F)F)CC1. The lowest BCUT2D eigenvalue weighted by Gasteiger charge is -2.38. The Labute approximate surface area is 137 Å². The molecule has 2 rings (SSSR count). The summed E-state index contributed by atoms with van der Waals surface area (Å²) >= 11 is 0. The van der Waals surface area contributed by atoms with Gasteiger partial charge >= 0.3 is 6.18 Å². The minimum atomic E-state index is -4.30. The number of nitro groups is 1. The molecule has 0 N–H and O–H groups in total. The van der Waals surface area contributed by atoms with Gasteiger partial charge in [-0.25, -0.2) is 0 Å². The van der Waals surface area contributed by atoms with Crippen molar-refractivity contribution >= 4 is 11.6 Å². The van der Waals surface area contributed by atoms with Crippen molar-refractivity contribution in [1.82, 2.24) is 9.80 Å². The van der Waals surface area contributed by atoms with E-state index in [2.05, 4.69) is 0 Å². The van der Waals surface area contributed by atoms with Gasteiger partial charge in [0.25, 0.3) is 11.6 Å². The van der Waals surface area contributed by atoms with Gasteiger partial charge in [-0.2, -0.15) is 13.2 Å². The predicted molar refractivity (Wildman–Crippen MR) is 80.8 cm³/mol. The van der Waals surface area contributed by atoms with Crippen molar-refractivity contribution < 1.29 is 22.9 Å². The highest BCUT2D eigenvalue weighted by atomic mass is 19.4. The van der Waals surface area contributed by atoms with Crippen molar-refractivity contribution in [3.05, 3.63) is 39.4 Å². The molecule has 0 saturated carbocycles. The lowest BCUT2D eigenvalue weighted by Crippen LogP contribution is -2.54. The Morgan fingerprint density at radius 1 is 1.25 bits per heavy atom. The van der Waals surface area contributed by atoms with Gasteiger partial charge in [0, 0.05) is 43.9 Å². The van der Waals surface area contributed by atoms with E-state index in [-0.39, 0.29) is 37.4 Å². The van der Waals surface area contributed by atoms with Crippen molar-refractivity contribution in [2.24, 2.45) is 0 Å². The number of nitro benzene ring substituents is 1. The quantitative estimate of drug-likeness (QED) is 0.624. The number of carbonyl (C=O) groups is 1. The van der Waals surface area contributed by atoms with Gasteiger partial charge in [-0.1, -0.05) is 6.07 Å². The number of hydrogen-bond donors (Lipinski definition) is 0. The molecule has 0 spiro atoms. The molecule has 0 aromatic heterocycles. The predicted octanol–water partition coefficient (Wildman–Crippen LogP) is 2.61. The van der Waals surface area contributed by atoms with Gasteiger partial charge in [0.15, 0.2) is 0 Å². The van der Waals surface area contributed by atoms with Gasteiger partial charge in [0.1, 0.15) is 6.04 Å². The number of nitrogens with zero attached hydrogens (tertiary/aromatic N) is 3. The summed E-state index contributed by atoms with van der Waals surface area (Å²) < 4.78 is 38.2. The maximum Gasteiger partial charge on any atom is 0.403 e. The van der Waals surface area contributed by atoms with Gasteiger partial charge in [-0.3, -0.25) is 19.8 Å². The van der Waals surface area contributed by atoms with Gasteiger partial charge in [-0.05, 0) is 19.4 Å². The highest BCUT2D eigenvalue weighted by Gasteiger charge is 2.41. The molecule has 1 fully saturated rings. The number of hydrogen-bond acceptors (Lipinski definition) is 4. The van der Waals surface area contributed by atoms with Crippen molar-refractivity contribution in [1.29, 1.82) is 0 Å². The molecule has 24 heavy (non-hydrogen) atoms. The average molecular weight is 345 g/mol. The Morgan fingerprint density at radius 2 is 1.83 bits per heavy atom. The van der Waals surface area contributed by atoms with E-state index in [9.17, 15) is 28.1 Å². The van der Waals surface area contributed by atoms with Crippen LogP contribution in [0.3, 0.4) is 0 Å². The van der Waals surface area contributed by atoms with Crippen LogP contribution in [0.15, 0.2) is 18.2 Å². The van der Waals surface area contributed by atoms with Crippen LogP contribution in [-0.2, 0) is 0 Å². The Balaban J connectivity index is 2.08. The minimum absolute atomic E-state index is 0.111. The highest BCUT2D eigenvalue weighted by molar-refractivity contribution is 5.96. The minimum Gasteiger partial charge on any atom is -0.336 e. The molecule has 9 heteroatoms. The van der Waals surface area contributed by atoms with E-state index in [1.54, 1.807) is 6.92 Å². The molecular weight excluding hydrogens is 327 g/mol. The number of rotatable bonds is 3. The van der Waals surface area contributed by atoms with Crippen molar-refractivity contribution in [2.45, 2.75) is 26.1 Å². The molecule has 1 amide bonds. The molecule has 1 saturated heterocycles. The molecule has 1 aromatic rings. The van der Waals surface area contributed by atoms with E-state index in [4.69, 9.17) is 0 Å². The van der Waals surface area contributed by atoms with Gasteiger partial charge in [-0.15, -0.1) is 0 Å². The number of aryl methyl sites for hydroxylation is 1.